The van der Waals surface area contributed by atoms with Crippen LogP contribution >= 0.6 is 11.3 Å². The van der Waals surface area contributed by atoms with Gasteiger partial charge in [-0.05, 0) is 5.56 Å². The number of hydrogen-bond donors (Lipinski definition) is 1. The Kier molecular flexibility index (Phi) is 3.85. The van der Waals surface area contributed by atoms with E-state index in [1.165, 1.54) is 0 Å². The van der Waals surface area contributed by atoms with Crippen LogP contribution in [0.4, 0.5) is 0 Å². The second-order valence-electron chi connectivity index (χ2n) is 5.68. The molecule has 23 heavy (non-hydrogen) atoms. The number of amides is 1. The van der Waals surface area contributed by atoms with Gasteiger partial charge in [0.25, 0.3) is 0 Å². The molecule has 2 aromatic heterocycles. The van der Waals surface area contributed by atoms with E-state index in [0.717, 1.165) is 21.9 Å². The lowest BCUT2D eigenvalue weighted by Crippen LogP contribution is -2.22. The molecule has 6 heteroatoms. The van der Waals surface area contributed by atoms with Crippen molar-refractivity contribution in [2.75, 3.05) is 6.61 Å². The lowest BCUT2D eigenvalue weighted by molar-refractivity contribution is -0.121. The first-order valence-electron chi connectivity index (χ1n) is 7.64. The summed E-state index contributed by atoms with van der Waals surface area (Å²) in [6, 6.07) is 10.1. The molecule has 0 spiro atoms. The van der Waals surface area contributed by atoms with Crippen molar-refractivity contribution in [1.82, 2.24) is 14.7 Å². The molecule has 118 valence electrons. The van der Waals surface area contributed by atoms with Gasteiger partial charge in [0.15, 0.2) is 4.96 Å². The second kappa shape index (κ2) is 6.14. The first kappa shape index (κ1) is 14.4. The third-order valence-electron chi connectivity index (χ3n) is 4.08. The predicted octanol–water partition coefficient (Wildman–Crippen LogP) is 2.72. The lowest BCUT2D eigenvalue weighted by atomic mass is 10.0. The summed E-state index contributed by atoms with van der Waals surface area (Å²) in [5.41, 5.74) is 3.20. The quantitative estimate of drug-likeness (QED) is 0.801. The molecule has 1 aromatic carbocycles. The Morgan fingerprint density at radius 1 is 1.35 bits per heavy atom. The molecule has 1 aliphatic heterocycles. The highest BCUT2D eigenvalue weighted by Crippen LogP contribution is 2.29. The van der Waals surface area contributed by atoms with Crippen LogP contribution in [-0.4, -0.2) is 21.9 Å². The maximum absolute atomic E-state index is 12.0. The van der Waals surface area contributed by atoms with E-state index in [0.29, 0.717) is 26.2 Å². The van der Waals surface area contributed by atoms with Crippen LogP contribution in [0.15, 0.2) is 41.9 Å². The molecule has 0 radical (unpaired) electrons. The fourth-order valence-corrected chi connectivity index (χ4v) is 3.76. The molecule has 3 heterocycles. The largest absolute Gasteiger partial charge is 0.376 e. The van der Waals surface area contributed by atoms with Crippen LogP contribution < -0.4 is 5.32 Å². The van der Waals surface area contributed by atoms with Crippen LogP contribution in [0.5, 0.6) is 0 Å². The van der Waals surface area contributed by atoms with Crippen LogP contribution in [0.25, 0.3) is 4.96 Å². The molecule has 3 aromatic rings. The molecule has 1 amide bonds. The number of ether oxygens (including phenoxy) is 1. The van der Waals surface area contributed by atoms with Crippen LogP contribution in [0.2, 0.25) is 0 Å². The van der Waals surface area contributed by atoms with Crippen LogP contribution in [0.3, 0.4) is 0 Å². The van der Waals surface area contributed by atoms with Gasteiger partial charge in [-0.2, -0.15) is 0 Å². The van der Waals surface area contributed by atoms with Crippen molar-refractivity contribution in [3.63, 3.8) is 0 Å². The predicted molar refractivity (Wildman–Crippen MR) is 88.4 cm³/mol. The molecular formula is C17H17N3O2S. The van der Waals surface area contributed by atoms with Crippen molar-refractivity contribution >= 4 is 22.2 Å². The normalized spacial score (nSPS) is 17.7. The summed E-state index contributed by atoms with van der Waals surface area (Å²) in [4.78, 5) is 17.6. The molecule has 0 aliphatic carbocycles. The molecule has 0 saturated heterocycles. The number of rotatable bonds is 4. The van der Waals surface area contributed by atoms with Crippen molar-refractivity contribution < 1.29 is 9.53 Å². The number of fused-ring (bicyclic) bond motifs is 3. The zero-order valence-electron chi connectivity index (χ0n) is 12.6. The topological polar surface area (TPSA) is 55.6 Å². The minimum absolute atomic E-state index is 0.0285. The summed E-state index contributed by atoms with van der Waals surface area (Å²) in [6.07, 6.45) is 2.46. The Labute approximate surface area is 137 Å². The van der Waals surface area contributed by atoms with E-state index >= 15 is 0 Å². The molecule has 1 atom stereocenters. The van der Waals surface area contributed by atoms with Gasteiger partial charge in [0.1, 0.15) is 0 Å². The Morgan fingerprint density at radius 2 is 2.22 bits per heavy atom. The van der Waals surface area contributed by atoms with E-state index < -0.39 is 0 Å². The average Bonchev–Trinajstić information content (AvgIpc) is 3.09. The summed E-state index contributed by atoms with van der Waals surface area (Å²) in [7, 11) is 0. The van der Waals surface area contributed by atoms with Gasteiger partial charge >= 0.3 is 0 Å². The second-order valence-corrected chi connectivity index (χ2v) is 6.55. The zero-order valence-corrected chi connectivity index (χ0v) is 13.4. The molecule has 0 bridgehead atoms. The monoisotopic (exact) mass is 327 g/mol. The number of aromatic nitrogens is 2. The van der Waals surface area contributed by atoms with E-state index in [2.05, 4.69) is 14.7 Å². The number of carbonyl (C=O) groups excluding carboxylic acids is 1. The fraction of sp³-hybridized carbons (Fsp3) is 0.294. The SMILES string of the molecule is O=C1CC(COCc2ccccc2)c2c(nc3sccn23)CN1. The highest BCUT2D eigenvalue weighted by Gasteiger charge is 2.28. The van der Waals surface area contributed by atoms with Crippen LogP contribution in [0.1, 0.15) is 29.3 Å². The van der Waals surface area contributed by atoms with Gasteiger partial charge in [0.05, 0.1) is 31.1 Å². The van der Waals surface area contributed by atoms with Gasteiger partial charge in [0.2, 0.25) is 5.91 Å². The number of imidazole rings is 1. The number of hydrogen-bond acceptors (Lipinski definition) is 4. The molecular weight excluding hydrogens is 310 g/mol. The van der Waals surface area contributed by atoms with Gasteiger partial charge in [0, 0.05) is 23.9 Å². The Morgan fingerprint density at radius 3 is 3.09 bits per heavy atom. The molecule has 1 N–H and O–H groups in total. The number of benzene rings is 1. The highest BCUT2D eigenvalue weighted by atomic mass is 32.1. The molecule has 4 rings (SSSR count). The fourth-order valence-electron chi connectivity index (χ4n) is 3.02. The third kappa shape index (κ3) is 2.87. The van der Waals surface area contributed by atoms with E-state index in [4.69, 9.17) is 4.74 Å². The van der Waals surface area contributed by atoms with Crippen molar-refractivity contribution in [1.29, 1.82) is 0 Å². The standard InChI is InChI=1S/C17H17N3O2S/c21-15-8-13(11-22-10-12-4-2-1-3-5-12)16-14(9-18-15)19-17-20(16)6-7-23-17/h1-7,13H,8-11H2,(H,18,21). The first-order chi connectivity index (χ1) is 11.3. The molecule has 1 unspecified atom stereocenters. The summed E-state index contributed by atoms with van der Waals surface area (Å²) in [6.45, 7) is 1.57. The van der Waals surface area contributed by atoms with E-state index in [9.17, 15) is 4.79 Å². The summed E-state index contributed by atoms with van der Waals surface area (Å²) in [5.74, 6) is 0.0844. The molecule has 0 fully saturated rings. The van der Waals surface area contributed by atoms with Gasteiger partial charge in [-0.25, -0.2) is 4.98 Å². The van der Waals surface area contributed by atoms with Crippen LogP contribution in [-0.2, 0) is 22.7 Å². The smallest absolute Gasteiger partial charge is 0.221 e. The van der Waals surface area contributed by atoms with Crippen molar-refractivity contribution in [2.45, 2.75) is 25.5 Å². The number of thiazole rings is 1. The van der Waals surface area contributed by atoms with Gasteiger partial charge < -0.3 is 10.1 Å². The van der Waals surface area contributed by atoms with Crippen molar-refractivity contribution in [2.24, 2.45) is 0 Å². The van der Waals surface area contributed by atoms with E-state index in [1.807, 2.05) is 41.9 Å². The summed E-state index contributed by atoms with van der Waals surface area (Å²) >= 11 is 1.61. The Bertz CT molecular complexity index is 825. The first-order valence-corrected chi connectivity index (χ1v) is 8.52. The van der Waals surface area contributed by atoms with E-state index in [1.54, 1.807) is 11.3 Å². The maximum atomic E-state index is 12.0. The Hall–Kier alpha value is -2.18. The maximum Gasteiger partial charge on any atom is 0.221 e. The molecule has 0 saturated carbocycles. The summed E-state index contributed by atoms with van der Waals surface area (Å²) in [5, 5.41) is 4.94. The zero-order chi connectivity index (χ0) is 15.6. The van der Waals surface area contributed by atoms with Crippen molar-refractivity contribution in [3.05, 3.63) is 58.9 Å². The molecule has 5 nitrogen and oxygen atoms in total. The van der Waals surface area contributed by atoms with Gasteiger partial charge in [-0.1, -0.05) is 30.3 Å². The number of nitrogens with one attached hydrogen (secondary N) is 1. The van der Waals surface area contributed by atoms with Gasteiger partial charge in [-0.3, -0.25) is 9.20 Å². The van der Waals surface area contributed by atoms with Crippen LogP contribution in [0, 0.1) is 0 Å². The molecule has 1 aliphatic rings. The highest BCUT2D eigenvalue weighted by molar-refractivity contribution is 7.15. The minimum Gasteiger partial charge on any atom is -0.376 e. The Balaban J connectivity index is 1.55. The third-order valence-corrected chi connectivity index (χ3v) is 4.83. The average molecular weight is 327 g/mol. The lowest BCUT2D eigenvalue weighted by Gasteiger charge is -2.15. The summed E-state index contributed by atoms with van der Waals surface area (Å²) < 4.78 is 7.99. The van der Waals surface area contributed by atoms with E-state index in [-0.39, 0.29) is 11.8 Å². The number of carbonyl (C=O) groups is 1. The number of nitrogens with zero attached hydrogens (tertiary/aromatic N) is 2. The van der Waals surface area contributed by atoms with Crippen molar-refractivity contribution in [3.8, 4) is 0 Å². The van der Waals surface area contributed by atoms with Gasteiger partial charge in [-0.15, -0.1) is 11.3 Å². The minimum atomic E-state index is 0.0285.